The van der Waals surface area contributed by atoms with Gasteiger partial charge < -0.3 is 9.47 Å². The van der Waals surface area contributed by atoms with E-state index in [0.29, 0.717) is 10.8 Å². The Morgan fingerprint density at radius 3 is 1.57 bits per heavy atom. The number of rotatable bonds is 2. The normalized spacial score (nSPS) is 40.3. The monoisotopic (exact) mass is 196 g/mol. The van der Waals surface area contributed by atoms with Gasteiger partial charge in [-0.1, -0.05) is 0 Å². The summed E-state index contributed by atoms with van der Waals surface area (Å²) in [4.78, 5) is 0. The van der Waals surface area contributed by atoms with Gasteiger partial charge in [-0.05, 0) is 46.5 Å². The molecular formula is C12H20O2. The molecule has 2 heteroatoms. The molecule has 0 saturated heterocycles. The second-order valence-electron chi connectivity index (χ2n) is 6.20. The maximum absolute atomic E-state index is 6.22. The van der Waals surface area contributed by atoms with Gasteiger partial charge in [-0.3, -0.25) is 0 Å². The third kappa shape index (κ3) is 0.737. The van der Waals surface area contributed by atoms with Crippen molar-refractivity contribution >= 4 is 0 Å². The summed E-state index contributed by atoms with van der Waals surface area (Å²) >= 11 is 0. The minimum Gasteiger partial charge on any atom is -0.352 e. The molecule has 0 radical (unpaired) electrons. The number of hydrogen-bond acceptors (Lipinski definition) is 2. The highest BCUT2D eigenvalue weighted by Gasteiger charge is 2.98. The van der Waals surface area contributed by atoms with E-state index in [9.17, 15) is 0 Å². The van der Waals surface area contributed by atoms with Gasteiger partial charge in [0, 0.05) is 17.9 Å². The van der Waals surface area contributed by atoms with Crippen LogP contribution in [0.25, 0.3) is 0 Å². The van der Waals surface area contributed by atoms with Crippen LogP contribution in [-0.2, 0) is 9.47 Å². The number of ether oxygens (including phenoxy) is 2. The summed E-state index contributed by atoms with van der Waals surface area (Å²) in [6.45, 7) is 6.37. The van der Waals surface area contributed by atoms with E-state index >= 15 is 0 Å². The maximum Gasteiger partial charge on any atom is 0.181 e. The first kappa shape index (κ1) is 9.17. The summed E-state index contributed by atoms with van der Waals surface area (Å²) in [5.74, 6) is -0.210. The van der Waals surface area contributed by atoms with E-state index < -0.39 is 0 Å². The summed E-state index contributed by atoms with van der Waals surface area (Å²) < 4.78 is 12.0. The van der Waals surface area contributed by atoms with Crippen molar-refractivity contribution in [3.05, 3.63) is 0 Å². The molecule has 2 nitrogen and oxygen atoms in total. The van der Waals surface area contributed by atoms with Gasteiger partial charge in [-0.2, -0.15) is 0 Å². The van der Waals surface area contributed by atoms with E-state index in [0.717, 1.165) is 0 Å². The van der Waals surface area contributed by atoms with E-state index in [2.05, 4.69) is 20.8 Å². The van der Waals surface area contributed by atoms with Gasteiger partial charge in [-0.15, -0.1) is 0 Å². The molecule has 0 aromatic carbocycles. The van der Waals surface area contributed by atoms with E-state index in [4.69, 9.17) is 9.47 Å². The molecular weight excluding hydrogens is 176 g/mol. The SMILES string of the molecule is COC1(OC(C)(C)C)C2(CC2)C12CC2. The van der Waals surface area contributed by atoms with Crippen LogP contribution in [0.15, 0.2) is 0 Å². The molecule has 0 amide bonds. The molecule has 14 heavy (non-hydrogen) atoms. The summed E-state index contributed by atoms with van der Waals surface area (Å²) in [6, 6.07) is 0. The molecule has 2 spiro atoms. The molecule has 0 aromatic rings. The zero-order valence-electron chi connectivity index (χ0n) is 9.64. The summed E-state index contributed by atoms with van der Waals surface area (Å²) in [7, 11) is 1.82. The maximum atomic E-state index is 6.22. The van der Waals surface area contributed by atoms with E-state index in [-0.39, 0.29) is 11.4 Å². The molecule has 0 aliphatic heterocycles. The Labute approximate surface area is 86.0 Å². The van der Waals surface area contributed by atoms with Crippen LogP contribution < -0.4 is 0 Å². The van der Waals surface area contributed by atoms with Crippen LogP contribution in [-0.4, -0.2) is 18.5 Å². The lowest BCUT2D eigenvalue weighted by molar-refractivity contribution is -0.225. The fraction of sp³-hybridized carbons (Fsp3) is 1.00. The highest BCUT2D eigenvalue weighted by molar-refractivity contribution is 5.41. The zero-order chi connectivity index (χ0) is 10.2. The number of hydrogen-bond donors (Lipinski definition) is 0. The smallest absolute Gasteiger partial charge is 0.181 e. The second-order valence-corrected chi connectivity index (χ2v) is 6.20. The van der Waals surface area contributed by atoms with Crippen LogP contribution in [0.3, 0.4) is 0 Å². The largest absolute Gasteiger partial charge is 0.352 e. The van der Waals surface area contributed by atoms with Crippen molar-refractivity contribution in [1.29, 1.82) is 0 Å². The molecule has 3 aliphatic carbocycles. The molecule has 0 aromatic heterocycles. The van der Waals surface area contributed by atoms with Crippen LogP contribution in [0.1, 0.15) is 46.5 Å². The summed E-state index contributed by atoms with van der Waals surface area (Å²) in [6.07, 6.45) is 5.27. The molecule has 80 valence electrons. The molecule has 0 bridgehead atoms. The third-order valence-corrected chi connectivity index (χ3v) is 4.35. The standard InChI is InChI=1S/C12H20O2/c1-9(2,3)14-12(13-4)10(5-6-10)11(12)7-8-11/h5-8H2,1-4H3. The van der Waals surface area contributed by atoms with Crippen molar-refractivity contribution in [1.82, 2.24) is 0 Å². The van der Waals surface area contributed by atoms with Crippen molar-refractivity contribution in [2.45, 2.75) is 57.8 Å². The van der Waals surface area contributed by atoms with E-state index in [1.54, 1.807) is 0 Å². The lowest BCUT2D eigenvalue weighted by Gasteiger charge is -2.28. The minimum atomic E-state index is -0.210. The Morgan fingerprint density at radius 1 is 0.929 bits per heavy atom. The molecule has 3 rings (SSSR count). The predicted octanol–water partition coefficient (Wildman–Crippen LogP) is 2.72. The van der Waals surface area contributed by atoms with Gasteiger partial charge in [0.2, 0.25) is 0 Å². The number of methoxy groups -OCH3 is 1. The lowest BCUT2D eigenvalue weighted by Crippen LogP contribution is -2.33. The first-order valence-electron chi connectivity index (χ1n) is 5.68. The fourth-order valence-electron chi connectivity index (χ4n) is 3.69. The Balaban J connectivity index is 1.88. The third-order valence-electron chi connectivity index (χ3n) is 4.35. The van der Waals surface area contributed by atoms with Crippen LogP contribution in [0.5, 0.6) is 0 Å². The molecule has 0 unspecified atom stereocenters. The second kappa shape index (κ2) is 2.05. The first-order valence-corrected chi connectivity index (χ1v) is 5.68. The number of fused-ring (bicyclic) bond motifs is 1. The Bertz CT molecular complexity index is 261. The van der Waals surface area contributed by atoms with Crippen LogP contribution in [0, 0.1) is 10.8 Å². The van der Waals surface area contributed by atoms with Gasteiger partial charge in [-0.25, -0.2) is 0 Å². The average molecular weight is 196 g/mol. The zero-order valence-corrected chi connectivity index (χ0v) is 9.64. The predicted molar refractivity (Wildman–Crippen MR) is 53.9 cm³/mol. The quantitative estimate of drug-likeness (QED) is 0.632. The van der Waals surface area contributed by atoms with Crippen molar-refractivity contribution < 1.29 is 9.47 Å². The van der Waals surface area contributed by atoms with Gasteiger partial charge in [0.25, 0.3) is 0 Å². The highest BCUT2D eigenvalue weighted by Crippen LogP contribution is 2.95. The Kier molecular flexibility index (Phi) is 1.34. The molecule has 0 heterocycles. The molecule has 3 aliphatic rings. The average Bonchev–Trinajstić information content (AvgIpc) is 2.89. The van der Waals surface area contributed by atoms with Gasteiger partial charge >= 0.3 is 0 Å². The van der Waals surface area contributed by atoms with Crippen molar-refractivity contribution in [2.24, 2.45) is 10.8 Å². The van der Waals surface area contributed by atoms with Crippen LogP contribution in [0.4, 0.5) is 0 Å². The fourth-order valence-corrected chi connectivity index (χ4v) is 3.69. The Hall–Kier alpha value is -0.0800. The Morgan fingerprint density at radius 2 is 1.36 bits per heavy atom. The van der Waals surface area contributed by atoms with Crippen molar-refractivity contribution in [3.8, 4) is 0 Å². The van der Waals surface area contributed by atoms with Gasteiger partial charge in [0.1, 0.15) is 0 Å². The van der Waals surface area contributed by atoms with E-state index in [1.165, 1.54) is 25.7 Å². The van der Waals surface area contributed by atoms with E-state index in [1.807, 2.05) is 7.11 Å². The minimum absolute atomic E-state index is 0.0856. The van der Waals surface area contributed by atoms with Gasteiger partial charge in [0.15, 0.2) is 5.79 Å². The first-order chi connectivity index (χ1) is 6.43. The molecule has 3 fully saturated rings. The lowest BCUT2D eigenvalue weighted by atomic mass is 10.2. The topological polar surface area (TPSA) is 18.5 Å². The molecule has 0 atom stereocenters. The molecule has 0 N–H and O–H groups in total. The summed E-state index contributed by atoms with van der Waals surface area (Å²) in [5.41, 5.74) is 0.780. The molecule has 3 saturated carbocycles. The van der Waals surface area contributed by atoms with Crippen LogP contribution in [0.2, 0.25) is 0 Å². The van der Waals surface area contributed by atoms with Crippen molar-refractivity contribution in [3.63, 3.8) is 0 Å². The van der Waals surface area contributed by atoms with Crippen molar-refractivity contribution in [2.75, 3.05) is 7.11 Å². The summed E-state index contributed by atoms with van der Waals surface area (Å²) in [5, 5.41) is 0. The van der Waals surface area contributed by atoms with Crippen LogP contribution >= 0.6 is 0 Å². The van der Waals surface area contributed by atoms with Gasteiger partial charge in [0.05, 0.1) is 5.60 Å². The highest BCUT2D eigenvalue weighted by atomic mass is 16.7.